The maximum absolute atomic E-state index is 13.2. The quantitative estimate of drug-likeness (QED) is 0.625. The summed E-state index contributed by atoms with van der Waals surface area (Å²) in [5.74, 6) is 1.57. The van der Waals surface area contributed by atoms with Crippen LogP contribution in [0.2, 0.25) is 0 Å². The van der Waals surface area contributed by atoms with Crippen LogP contribution in [0.1, 0.15) is 36.3 Å². The number of carbonyl (C=O) groups excluding carboxylic acids is 1. The smallest absolute Gasteiger partial charge is 0.240 e. The first kappa shape index (κ1) is 20.3. The number of thioether (sulfide) groups is 1. The second kappa shape index (κ2) is 8.79. The van der Waals surface area contributed by atoms with E-state index in [4.69, 9.17) is 4.74 Å². The number of ether oxygens (including phenoxy) is 1. The predicted molar refractivity (Wildman–Crippen MR) is 119 cm³/mol. The molecule has 0 spiro atoms. The Balaban J connectivity index is 1.65. The maximum Gasteiger partial charge on any atom is 0.240 e. The minimum absolute atomic E-state index is 0.0801. The van der Waals surface area contributed by atoms with Crippen LogP contribution >= 0.6 is 11.8 Å². The van der Waals surface area contributed by atoms with Crippen LogP contribution in [0.4, 0.5) is 5.69 Å². The summed E-state index contributed by atoms with van der Waals surface area (Å²) >= 11 is 1.43. The summed E-state index contributed by atoms with van der Waals surface area (Å²) in [6.07, 6.45) is 1.78. The fourth-order valence-corrected chi connectivity index (χ4v) is 4.49. The lowest BCUT2D eigenvalue weighted by atomic mass is 10.0. The van der Waals surface area contributed by atoms with E-state index in [-0.39, 0.29) is 11.9 Å². The molecule has 156 valence electrons. The highest BCUT2D eigenvalue weighted by Gasteiger charge is 2.37. The summed E-state index contributed by atoms with van der Waals surface area (Å²) in [6, 6.07) is 15.3. The second-order valence-corrected chi connectivity index (χ2v) is 8.37. The number of aromatic nitrogens is 3. The molecule has 1 aliphatic rings. The number of carbonyl (C=O) groups is 1. The highest BCUT2D eigenvalue weighted by atomic mass is 32.2. The molecule has 8 heteroatoms. The number of hydrogen-bond donors (Lipinski definition) is 2. The molecule has 0 aliphatic carbocycles. The number of rotatable bonds is 6. The molecule has 0 fully saturated rings. The zero-order chi connectivity index (χ0) is 21.1. The van der Waals surface area contributed by atoms with Crippen molar-refractivity contribution in [2.45, 2.75) is 43.1 Å². The summed E-state index contributed by atoms with van der Waals surface area (Å²) in [5.41, 5.74) is 6.40. The second-order valence-electron chi connectivity index (χ2n) is 7.26. The summed E-state index contributed by atoms with van der Waals surface area (Å²) in [4.78, 5) is 13.2. The van der Waals surface area contributed by atoms with Gasteiger partial charge in [-0.1, -0.05) is 48.5 Å². The molecule has 2 N–H and O–H groups in total. The molecular weight excluding hydrogens is 398 g/mol. The molecule has 1 aromatic heterocycles. The van der Waals surface area contributed by atoms with E-state index in [2.05, 4.69) is 27.9 Å². The van der Waals surface area contributed by atoms with Crippen molar-refractivity contribution in [3.05, 3.63) is 65.5 Å². The van der Waals surface area contributed by atoms with E-state index in [0.717, 1.165) is 41.2 Å². The number of benzene rings is 2. The maximum atomic E-state index is 13.2. The SMILES string of the molecule is CCCc1nnc2n1N[C@@H](c1ccc(OC)cc1)[C@@H](C(=O)Nc1ccc(C)cc1)S2. The van der Waals surface area contributed by atoms with Crippen molar-refractivity contribution in [2.24, 2.45) is 0 Å². The van der Waals surface area contributed by atoms with Gasteiger partial charge in [0, 0.05) is 12.1 Å². The molecule has 3 aromatic rings. The van der Waals surface area contributed by atoms with Gasteiger partial charge in [0.15, 0.2) is 5.82 Å². The van der Waals surface area contributed by atoms with Gasteiger partial charge in [-0.25, -0.2) is 4.68 Å². The average molecular weight is 424 g/mol. The van der Waals surface area contributed by atoms with Crippen LogP contribution in [0.5, 0.6) is 5.75 Å². The van der Waals surface area contributed by atoms with Crippen molar-refractivity contribution in [3.63, 3.8) is 0 Å². The van der Waals surface area contributed by atoms with Crippen molar-refractivity contribution in [2.75, 3.05) is 17.9 Å². The lowest BCUT2D eigenvalue weighted by Gasteiger charge is -2.33. The van der Waals surface area contributed by atoms with Crippen molar-refractivity contribution in [3.8, 4) is 5.75 Å². The molecule has 0 saturated carbocycles. The van der Waals surface area contributed by atoms with E-state index in [1.165, 1.54) is 11.8 Å². The normalized spacial score (nSPS) is 17.7. The van der Waals surface area contributed by atoms with E-state index in [1.54, 1.807) is 7.11 Å². The van der Waals surface area contributed by atoms with Crippen molar-refractivity contribution >= 4 is 23.4 Å². The number of nitrogens with one attached hydrogen (secondary N) is 2. The Labute approximate surface area is 180 Å². The first-order chi connectivity index (χ1) is 14.6. The highest BCUT2D eigenvalue weighted by molar-refractivity contribution is 8.00. The molecule has 2 heterocycles. The molecule has 0 unspecified atom stereocenters. The average Bonchev–Trinajstić information content (AvgIpc) is 3.16. The monoisotopic (exact) mass is 423 g/mol. The fourth-order valence-electron chi connectivity index (χ4n) is 3.40. The van der Waals surface area contributed by atoms with E-state index in [0.29, 0.717) is 5.16 Å². The molecule has 1 amide bonds. The third kappa shape index (κ3) is 4.14. The number of anilines is 1. The lowest BCUT2D eigenvalue weighted by Crippen LogP contribution is -2.41. The molecular formula is C22H25N5O2S. The summed E-state index contributed by atoms with van der Waals surface area (Å²) in [5, 5.41) is 11.9. The van der Waals surface area contributed by atoms with Gasteiger partial charge in [0.1, 0.15) is 11.0 Å². The standard InChI is InChI=1S/C22H25N5O2S/c1-4-5-18-24-25-22-27(18)26-19(15-8-12-17(29-3)13-9-15)20(30-22)21(28)23-16-10-6-14(2)7-11-16/h6-13,19-20,26H,4-5H2,1-3H3,(H,23,28)/t19-,20-/m0/s1. The Morgan fingerprint density at radius 3 is 2.57 bits per heavy atom. The Bertz CT molecular complexity index is 1020. The predicted octanol–water partition coefficient (Wildman–Crippen LogP) is 3.95. The van der Waals surface area contributed by atoms with E-state index < -0.39 is 5.25 Å². The molecule has 1 aliphatic heterocycles. The van der Waals surface area contributed by atoms with Crippen LogP contribution in [-0.2, 0) is 11.2 Å². The number of hydrogen-bond acceptors (Lipinski definition) is 6. The van der Waals surface area contributed by atoms with E-state index in [1.807, 2.05) is 60.1 Å². The fraction of sp³-hybridized carbons (Fsp3) is 0.318. The highest BCUT2D eigenvalue weighted by Crippen LogP contribution is 2.38. The number of nitrogens with zero attached hydrogens (tertiary/aromatic N) is 3. The number of fused-ring (bicyclic) bond motifs is 1. The van der Waals surface area contributed by atoms with E-state index >= 15 is 0 Å². The molecule has 2 aromatic carbocycles. The van der Waals surface area contributed by atoms with Gasteiger partial charge in [-0.3, -0.25) is 4.79 Å². The third-order valence-electron chi connectivity index (χ3n) is 5.03. The summed E-state index contributed by atoms with van der Waals surface area (Å²) in [6.45, 7) is 4.13. The zero-order valence-corrected chi connectivity index (χ0v) is 18.1. The van der Waals surface area contributed by atoms with Crippen molar-refractivity contribution in [1.29, 1.82) is 0 Å². The first-order valence-electron chi connectivity index (χ1n) is 9.98. The van der Waals surface area contributed by atoms with Crippen LogP contribution in [0.25, 0.3) is 0 Å². The van der Waals surface area contributed by atoms with Gasteiger partial charge in [0.25, 0.3) is 0 Å². The van der Waals surface area contributed by atoms with Crippen LogP contribution in [0.15, 0.2) is 53.7 Å². The molecule has 2 atom stereocenters. The van der Waals surface area contributed by atoms with Crippen LogP contribution in [0.3, 0.4) is 0 Å². The number of aryl methyl sites for hydroxylation is 2. The van der Waals surface area contributed by atoms with Gasteiger partial charge < -0.3 is 15.5 Å². The minimum Gasteiger partial charge on any atom is -0.497 e. The van der Waals surface area contributed by atoms with Crippen LogP contribution in [0, 0.1) is 6.92 Å². The molecule has 30 heavy (non-hydrogen) atoms. The molecule has 0 bridgehead atoms. The Morgan fingerprint density at radius 1 is 1.17 bits per heavy atom. The lowest BCUT2D eigenvalue weighted by molar-refractivity contribution is -0.116. The van der Waals surface area contributed by atoms with Crippen molar-refractivity contribution < 1.29 is 9.53 Å². The van der Waals surface area contributed by atoms with Crippen LogP contribution in [-0.4, -0.2) is 33.1 Å². The third-order valence-corrected chi connectivity index (χ3v) is 6.24. The Kier molecular flexibility index (Phi) is 5.94. The van der Waals surface area contributed by atoms with Gasteiger partial charge in [0.05, 0.1) is 13.2 Å². The number of methoxy groups -OCH3 is 1. The summed E-state index contributed by atoms with van der Waals surface area (Å²) in [7, 11) is 1.64. The van der Waals surface area contributed by atoms with Crippen LogP contribution < -0.4 is 15.5 Å². The topological polar surface area (TPSA) is 81.1 Å². The Morgan fingerprint density at radius 2 is 1.90 bits per heavy atom. The molecule has 7 nitrogen and oxygen atoms in total. The summed E-state index contributed by atoms with van der Waals surface area (Å²) < 4.78 is 7.20. The first-order valence-corrected chi connectivity index (χ1v) is 10.9. The van der Waals surface area contributed by atoms with Gasteiger partial charge in [-0.05, 0) is 43.2 Å². The zero-order valence-electron chi connectivity index (χ0n) is 17.3. The van der Waals surface area contributed by atoms with Crippen molar-refractivity contribution in [1.82, 2.24) is 14.9 Å². The number of amides is 1. The van der Waals surface area contributed by atoms with Gasteiger partial charge in [-0.2, -0.15) is 0 Å². The van der Waals surface area contributed by atoms with Gasteiger partial charge >= 0.3 is 0 Å². The molecule has 4 rings (SSSR count). The Hall–Kier alpha value is -3.00. The largest absolute Gasteiger partial charge is 0.497 e. The molecule has 0 saturated heterocycles. The van der Waals surface area contributed by atoms with E-state index in [9.17, 15) is 4.79 Å². The molecule has 0 radical (unpaired) electrons. The van der Waals surface area contributed by atoms with Gasteiger partial charge in [-0.15, -0.1) is 10.2 Å². The minimum atomic E-state index is -0.411. The van der Waals surface area contributed by atoms with Gasteiger partial charge in [0.2, 0.25) is 11.1 Å².